The molecule has 7 heteroatoms. The first kappa shape index (κ1) is 25.5. The quantitative estimate of drug-likeness (QED) is 0.397. The third-order valence-electron chi connectivity index (χ3n) is 6.80. The molecule has 1 aliphatic rings. The summed E-state index contributed by atoms with van der Waals surface area (Å²) in [5.41, 5.74) is 2.87. The van der Waals surface area contributed by atoms with Gasteiger partial charge in [0.05, 0.1) is 40.5 Å². The summed E-state index contributed by atoms with van der Waals surface area (Å²) in [7, 11) is 1.83. The molecule has 3 aromatic carbocycles. The average Bonchev–Trinajstić information content (AvgIpc) is 2.88. The number of likely N-dealkylation sites (N-methyl/N-ethyl adjacent to an activating group) is 1. The lowest BCUT2D eigenvalue weighted by Crippen LogP contribution is -2.38. The molecule has 1 amide bonds. The number of carbonyl (C=O) groups excluding carboxylic acids is 1. The van der Waals surface area contributed by atoms with Gasteiger partial charge in [0, 0.05) is 32.6 Å². The summed E-state index contributed by atoms with van der Waals surface area (Å²) in [6, 6.07) is 17.5. The monoisotopic (exact) mass is 509 g/mol. The molecule has 0 aromatic heterocycles. The molecule has 5 nitrogen and oxygen atoms in total. The van der Waals surface area contributed by atoms with Crippen LogP contribution >= 0.6 is 23.2 Å². The summed E-state index contributed by atoms with van der Waals surface area (Å²) in [6.45, 7) is 6.59. The van der Waals surface area contributed by atoms with Gasteiger partial charge in [0.25, 0.3) is 5.91 Å². The Bertz CT molecular complexity index is 1270. The van der Waals surface area contributed by atoms with Gasteiger partial charge < -0.3 is 9.64 Å². The molecular weight excluding hydrogens is 481 g/mol. The van der Waals surface area contributed by atoms with E-state index in [2.05, 4.69) is 11.0 Å². The minimum Gasteiger partial charge on any atom is -0.379 e. The number of benzene rings is 3. The molecule has 35 heavy (non-hydrogen) atoms. The van der Waals surface area contributed by atoms with Gasteiger partial charge in [-0.25, -0.2) is 0 Å². The molecule has 1 heterocycles. The van der Waals surface area contributed by atoms with Gasteiger partial charge in [-0.1, -0.05) is 53.5 Å². The van der Waals surface area contributed by atoms with E-state index in [1.54, 1.807) is 4.90 Å². The van der Waals surface area contributed by atoms with Crippen molar-refractivity contribution in [3.63, 3.8) is 0 Å². The Hall–Kier alpha value is -2.62. The van der Waals surface area contributed by atoms with Gasteiger partial charge in [-0.3, -0.25) is 9.69 Å². The van der Waals surface area contributed by atoms with Gasteiger partial charge in [0.1, 0.15) is 0 Å². The maximum atomic E-state index is 13.8. The van der Waals surface area contributed by atoms with E-state index in [0.29, 0.717) is 33.3 Å². The molecule has 1 atom stereocenters. The van der Waals surface area contributed by atoms with Crippen molar-refractivity contribution in [3.05, 3.63) is 80.8 Å². The zero-order valence-electron chi connectivity index (χ0n) is 20.1. The van der Waals surface area contributed by atoms with Crippen LogP contribution in [0, 0.1) is 18.3 Å². The summed E-state index contributed by atoms with van der Waals surface area (Å²) in [5.74, 6) is -0.0143. The maximum Gasteiger partial charge on any atom is 0.254 e. The summed E-state index contributed by atoms with van der Waals surface area (Å²) in [6.07, 6.45) is 0.869. The van der Waals surface area contributed by atoms with E-state index >= 15 is 0 Å². The molecule has 182 valence electrons. The molecule has 0 saturated carbocycles. The van der Waals surface area contributed by atoms with Crippen molar-refractivity contribution < 1.29 is 9.53 Å². The summed E-state index contributed by atoms with van der Waals surface area (Å²) in [5, 5.41) is 12.4. The predicted molar refractivity (Wildman–Crippen MR) is 141 cm³/mol. The van der Waals surface area contributed by atoms with E-state index in [9.17, 15) is 10.1 Å². The van der Waals surface area contributed by atoms with Gasteiger partial charge in [-0.05, 0) is 60.0 Å². The summed E-state index contributed by atoms with van der Waals surface area (Å²) in [4.78, 5) is 17.9. The van der Waals surface area contributed by atoms with Crippen molar-refractivity contribution in [1.82, 2.24) is 9.80 Å². The Morgan fingerprint density at radius 2 is 1.89 bits per heavy atom. The van der Waals surface area contributed by atoms with Gasteiger partial charge in [0.2, 0.25) is 0 Å². The van der Waals surface area contributed by atoms with Gasteiger partial charge in [0.15, 0.2) is 0 Å². The first-order valence-electron chi connectivity index (χ1n) is 11.8. The maximum absolute atomic E-state index is 13.8. The molecule has 1 aliphatic heterocycles. The highest BCUT2D eigenvalue weighted by molar-refractivity contribution is 6.42. The second kappa shape index (κ2) is 11.4. The third-order valence-corrected chi connectivity index (χ3v) is 7.54. The van der Waals surface area contributed by atoms with Crippen LogP contribution in [0.5, 0.6) is 0 Å². The first-order valence-corrected chi connectivity index (χ1v) is 12.6. The van der Waals surface area contributed by atoms with Crippen LogP contribution in [-0.4, -0.2) is 62.1 Å². The molecule has 0 spiro atoms. The molecule has 1 saturated heterocycles. The number of fused-ring (bicyclic) bond motifs is 1. The van der Waals surface area contributed by atoms with Crippen LogP contribution in [0.4, 0.5) is 0 Å². The highest BCUT2D eigenvalue weighted by atomic mass is 35.5. The second-order valence-corrected chi connectivity index (χ2v) is 9.87. The Balaban J connectivity index is 1.62. The third kappa shape index (κ3) is 5.79. The number of hydrogen-bond donors (Lipinski definition) is 0. The molecule has 1 unspecified atom stereocenters. The van der Waals surface area contributed by atoms with E-state index in [-0.39, 0.29) is 11.8 Å². The minimum absolute atomic E-state index is 0.0762. The Labute approximate surface area is 216 Å². The van der Waals surface area contributed by atoms with Crippen LogP contribution in [0.3, 0.4) is 0 Å². The zero-order valence-corrected chi connectivity index (χ0v) is 21.6. The minimum atomic E-state index is -0.0905. The van der Waals surface area contributed by atoms with Crippen LogP contribution in [0.15, 0.2) is 48.5 Å². The molecular formula is C28H29Cl2N3O2. The fourth-order valence-electron chi connectivity index (χ4n) is 4.74. The number of morpholine rings is 1. The summed E-state index contributed by atoms with van der Waals surface area (Å²) >= 11 is 12.5. The predicted octanol–water partition coefficient (Wildman–Crippen LogP) is 5.90. The zero-order chi connectivity index (χ0) is 24.9. The number of halogens is 2. The van der Waals surface area contributed by atoms with E-state index < -0.39 is 0 Å². The molecule has 0 aliphatic carbocycles. The van der Waals surface area contributed by atoms with Crippen molar-refractivity contribution in [1.29, 1.82) is 5.26 Å². The number of ether oxygens (including phenoxy) is 1. The molecule has 0 bridgehead atoms. The lowest BCUT2D eigenvalue weighted by atomic mass is 9.92. The normalized spacial score (nSPS) is 15.1. The highest BCUT2D eigenvalue weighted by Crippen LogP contribution is 2.31. The fourth-order valence-corrected chi connectivity index (χ4v) is 5.05. The van der Waals surface area contributed by atoms with E-state index in [4.69, 9.17) is 27.9 Å². The van der Waals surface area contributed by atoms with Crippen LogP contribution < -0.4 is 0 Å². The molecule has 3 aromatic rings. The Kier molecular flexibility index (Phi) is 8.30. The highest BCUT2D eigenvalue weighted by Gasteiger charge is 2.24. The number of carbonyl (C=O) groups is 1. The lowest BCUT2D eigenvalue weighted by molar-refractivity contribution is 0.0361. The van der Waals surface area contributed by atoms with Crippen LogP contribution in [-0.2, 0) is 4.74 Å². The van der Waals surface area contributed by atoms with Crippen LogP contribution in [0.1, 0.15) is 39.4 Å². The average molecular weight is 510 g/mol. The Morgan fingerprint density at radius 3 is 2.60 bits per heavy atom. The number of nitrogens with zero attached hydrogens (tertiary/aromatic N) is 3. The molecule has 0 N–H and O–H groups in total. The van der Waals surface area contributed by atoms with Crippen molar-refractivity contribution in [2.24, 2.45) is 0 Å². The molecule has 0 radical (unpaired) electrons. The van der Waals surface area contributed by atoms with E-state index in [0.717, 1.165) is 55.6 Å². The van der Waals surface area contributed by atoms with Crippen molar-refractivity contribution in [2.75, 3.05) is 46.4 Å². The van der Waals surface area contributed by atoms with E-state index in [1.165, 1.54) is 0 Å². The fraction of sp³-hybridized carbons (Fsp3) is 0.357. The number of amides is 1. The topological polar surface area (TPSA) is 56.6 Å². The van der Waals surface area contributed by atoms with Gasteiger partial charge >= 0.3 is 0 Å². The van der Waals surface area contributed by atoms with Crippen molar-refractivity contribution >= 4 is 39.9 Å². The molecule has 1 fully saturated rings. The van der Waals surface area contributed by atoms with Crippen LogP contribution in [0.25, 0.3) is 10.8 Å². The molecule has 4 rings (SSSR count). The van der Waals surface area contributed by atoms with Gasteiger partial charge in [-0.15, -0.1) is 0 Å². The summed E-state index contributed by atoms with van der Waals surface area (Å²) < 4.78 is 5.48. The number of rotatable bonds is 7. The number of nitriles is 1. The standard InChI is InChI=1S/C28H29Cl2N3O2/c1-19-23(17-31)15-21-5-3-4-6-24(21)27(19)28(34)32(2)18-22(9-10-33-11-13-35-14-12-33)20-7-8-25(29)26(30)16-20/h3-8,15-16,22H,9-14,18H2,1-2H3. The van der Waals surface area contributed by atoms with Crippen molar-refractivity contribution in [2.45, 2.75) is 19.3 Å². The van der Waals surface area contributed by atoms with E-state index in [1.807, 2.05) is 62.5 Å². The smallest absolute Gasteiger partial charge is 0.254 e. The van der Waals surface area contributed by atoms with Crippen molar-refractivity contribution in [3.8, 4) is 6.07 Å². The second-order valence-electron chi connectivity index (χ2n) is 9.06. The first-order chi connectivity index (χ1) is 16.9. The lowest BCUT2D eigenvalue weighted by Gasteiger charge is -2.30. The Morgan fingerprint density at radius 1 is 1.14 bits per heavy atom. The van der Waals surface area contributed by atoms with Crippen LogP contribution in [0.2, 0.25) is 10.0 Å². The van der Waals surface area contributed by atoms with Gasteiger partial charge in [-0.2, -0.15) is 5.26 Å². The number of hydrogen-bond acceptors (Lipinski definition) is 4. The SMILES string of the molecule is Cc1c(C#N)cc2ccccc2c1C(=O)N(C)CC(CCN1CCOCC1)c1ccc(Cl)c(Cl)c1. The largest absolute Gasteiger partial charge is 0.379 e.